The Morgan fingerprint density at radius 2 is 2.12 bits per heavy atom. The molecule has 0 spiro atoms. The van der Waals surface area contributed by atoms with Crippen molar-refractivity contribution in [2.75, 3.05) is 18.0 Å². The molecular formula is C15H16ClFN4O3S. The third-order valence-electron chi connectivity index (χ3n) is 3.93. The Morgan fingerprint density at radius 1 is 1.32 bits per heavy atom. The molecule has 1 unspecified atom stereocenters. The van der Waals surface area contributed by atoms with Crippen molar-refractivity contribution in [1.29, 1.82) is 0 Å². The molecule has 0 radical (unpaired) electrons. The summed E-state index contributed by atoms with van der Waals surface area (Å²) in [5.74, 6) is -0.0954. The van der Waals surface area contributed by atoms with E-state index in [1.54, 1.807) is 6.07 Å². The van der Waals surface area contributed by atoms with Crippen LogP contribution in [0, 0.1) is 5.82 Å². The molecule has 1 aliphatic heterocycles. The zero-order chi connectivity index (χ0) is 18.0. The third-order valence-corrected chi connectivity index (χ3v) is 5.74. The molecule has 2 heterocycles. The van der Waals surface area contributed by atoms with Crippen molar-refractivity contribution in [3.63, 3.8) is 0 Å². The van der Waals surface area contributed by atoms with E-state index in [0.29, 0.717) is 25.3 Å². The number of anilines is 1. The molecule has 0 saturated carbocycles. The van der Waals surface area contributed by atoms with Crippen LogP contribution in [0.25, 0.3) is 0 Å². The van der Waals surface area contributed by atoms with Gasteiger partial charge in [-0.05, 0) is 37.1 Å². The number of aromatic nitrogens is 2. The highest BCUT2D eigenvalue weighted by molar-refractivity contribution is 7.89. The molecule has 0 amide bonds. The first-order valence-corrected chi connectivity index (χ1v) is 9.49. The summed E-state index contributed by atoms with van der Waals surface area (Å²) in [6, 6.07) is 5.91. The second-order valence-corrected chi connectivity index (χ2v) is 7.88. The second-order valence-electron chi connectivity index (χ2n) is 5.76. The minimum absolute atomic E-state index is 0.0850. The maximum Gasteiger partial charge on any atom is 0.264 e. The molecule has 0 aliphatic carbocycles. The van der Waals surface area contributed by atoms with Gasteiger partial charge in [0.2, 0.25) is 10.0 Å². The summed E-state index contributed by atoms with van der Waals surface area (Å²) in [4.78, 5) is 12.9. The molecule has 2 aromatic rings. The van der Waals surface area contributed by atoms with Crippen LogP contribution in [0.4, 0.5) is 10.2 Å². The Hall–Kier alpha value is -1.97. The van der Waals surface area contributed by atoms with Gasteiger partial charge in [0.1, 0.15) is 11.6 Å². The molecule has 1 aromatic heterocycles. The minimum atomic E-state index is -3.82. The maximum atomic E-state index is 13.2. The molecule has 1 aromatic carbocycles. The number of nitrogens with one attached hydrogen (secondary N) is 2. The molecule has 25 heavy (non-hydrogen) atoms. The highest BCUT2D eigenvalue weighted by Gasteiger charge is 2.26. The predicted molar refractivity (Wildman–Crippen MR) is 91.8 cm³/mol. The SMILES string of the molecule is O=c1ccc(N2CCCC(NS(=O)(=O)c3ccc(F)c(Cl)c3)C2)n[nH]1. The quantitative estimate of drug-likeness (QED) is 0.830. The van der Waals surface area contributed by atoms with Crippen molar-refractivity contribution in [3.05, 3.63) is 51.5 Å². The van der Waals surface area contributed by atoms with Crippen molar-refractivity contribution in [2.24, 2.45) is 0 Å². The molecule has 3 rings (SSSR count). The third kappa shape index (κ3) is 4.17. The van der Waals surface area contributed by atoms with E-state index in [9.17, 15) is 17.6 Å². The van der Waals surface area contributed by atoms with Crippen LogP contribution in [0.2, 0.25) is 5.02 Å². The number of nitrogens with zero attached hydrogens (tertiary/aromatic N) is 2. The van der Waals surface area contributed by atoms with Crippen LogP contribution in [-0.4, -0.2) is 37.7 Å². The predicted octanol–water partition coefficient (Wildman–Crippen LogP) is 1.51. The van der Waals surface area contributed by atoms with Crippen LogP contribution in [0.3, 0.4) is 0 Å². The van der Waals surface area contributed by atoms with E-state index in [0.717, 1.165) is 18.6 Å². The van der Waals surface area contributed by atoms with Gasteiger partial charge in [0.25, 0.3) is 5.56 Å². The number of aromatic amines is 1. The van der Waals surface area contributed by atoms with Gasteiger partial charge in [0, 0.05) is 25.2 Å². The fraction of sp³-hybridized carbons (Fsp3) is 0.333. The van der Waals surface area contributed by atoms with Crippen molar-refractivity contribution < 1.29 is 12.8 Å². The van der Waals surface area contributed by atoms with E-state index in [4.69, 9.17) is 11.6 Å². The Labute approximate surface area is 148 Å². The van der Waals surface area contributed by atoms with Gasteiger partial charge in [-0.3, -0.25) is 4.79 Å². The van der Waals surface area contributed by atoms with Crippen LogP contribution in [0.1, 0.15) is 12.8 Å². The molecule has 1 aliphatic rings. The summed E-state index contributed by atoms with van der Waals surface area (Å²) < 4.78 is 40.8. The largest absolute Gasteiger partial charge is 0.354 e. The fourth-order valence-corrected chi connectivity index (χ4v) is 4.26. The fourth-order valence-electron chi connectivity index (χ4n) is 2.73. The summed E-state index contributed by atoms with van der Waals surface area (Å²) in [6.45, 7) is 1.12. The lowest BCUT2D eigenvalue weighted by atomic mass is 10.1. The average Bonchev–Trinajstić information content (AvgIpc) is 2.58. The molecule has 10 heteroatoms. The first-order chi connectivity index (χ1) is 11.8. The first-order valence-electron chi connectivity index (χ1n) is 7.63. The van der Waals surface area contributed by atoms with Gasteiger partial charge in [-0.2, -0.15) is 5.10 Å². The summed E-state index contributed by atoms with van der Waals surface area (Å²) >= 11 is 5.67. The highest BCUT2D eigenvalue weighted by atomic mass is 35.5. The summed E-state index contributed by atoms with van der Waals surface area (Å²) in [6.07, 6.45) is 1.42. The number of H-pyrrole nitrogens is 1. The van der Waals surface area contributed by atoms with Crippen LogP contribution >= 0.6 is 11.6 Å². The Balaban J connectivity index is 1.74. The van der Waals surface area contributed by atoms with Crippen LogP contribution in [0.5, 0.6) is 0 Å². The molecule has 7 nitrogen and oxygen atoms in total. The summed E-state index contributed by atoms with van der Waals surface area (Å²) in [5.41, 5.74) is -0.300. The van der Waals surface area contributed by atoms with Crippen LogP contribution in [-0.2, 0) is 10.0 Å². The Bertz CT molecular complexity index is 914. The van der Waals surface area contributed by atoms with Crippen LogP contribution < -0.4 is 15.2 Å². The Kier molecular flexibility index (Phi) is 5.07. The molecular weight excluding hydrogens is 371 g/mol. The molecule has 1 fully saturated rings. The lowest BCUT2D eigenvalue weighted by Gasteiger charge is -2.33. The van der Waals surface area contributed by atoms with Gasteiger partial charge in [0.15, 0.2) is 0 Å². The maximum absolute atomic E-state index is 13.2. The van der Waals surface area contributed by atoms with E-state index in [1.165, 1.54) is 12.1 Å². The van der Waals surface area contributed by atoms with Crippen molar-refractivity contribution in [3.8, 4) is 0 Å². The first kappa shape index (κ1) is 17.8. The number of sulfonamides is 1. The van der Waals surface area contributed by atoms with Crippen LogP contribution in [0.15, 0.2) is 40.0 Å². The van der Waals surface area contributed by atoms with Gasteiger partial charge in [0.05, 0.1) is 9.92 Å². The number of hydrogen-bond donors (Lipinski definition) is 2. The zero-order valence-corrected chi connectivity index (χ0v) is 14.6. The van der Waals surface area contributed by atoms with E-state index in [1.807, 2.05) is 4.90 Å². The van der Waals surface area contributed by atoms with Gasteiger partial charge in [-0.25, -0.2) is 22.6 Å². The Morgan fingerprint density at radius 3 is 2.80 bits per heavy atom. The van der Waals surface area contributed by atoms with E-state index < -0.39 is 15.8 Å². The number of halogens is 2. The summed E-state index contributed by atoms with van der Waals surface area (Å²) in [5, 5.41) is 6.08. The molecule has 0 bridgehead atoms. The highest BCUT2D eigenvalue weighted by Crippen LogP contribution is 2.21. The normalized spacial score (nSPS) is 18.3. The standard InChI is InChI=1S/C15H16ClFN4O3S/c16-12-8-11(3-4-13(12)17)25(23,24)20-10-2-1-7-21(9-10)14-5-6-15(22)19-18-14/h3-6,8,10,20H,1-2,7,9H2,(H,19,22). The number of piperidine rings is 1. The molecule has 2 N–H and O–H groups in total. The molecule has 1 saturated heterocycles. The average molecular weight is 387 g/mol. The number of benzene rings is 1. The molecule has 1 atom stereocenters. The zero-order valence-electron chi connectivity index (χ0n) is 13.1. The van der Waals surface area contributed by atoms with E-state index >= 15 is 0 Å². The van der Waals surface area contributed by atoms with E-state index in [2.05, 4.69) is 14.9 Å². The van der Waals surface area contributed by atoms with Crippen molar-refractivity contribution >= 4 is 27.4 Å². The number of rotatable bonds is 4. The number of hydrogen-bond acceptors (Lipinski definition) is 5. The van der Waals surface area contributed by atoms with Gasteiger partial charge in [-0.15, -0.1) is 0 Å². The second kappa shape index (κ2) is 7.11. The molecule has 134 valence electrons. The summed E-state index contributed by atoms with van der Waals surface area (Å²) in [7, 11) is -3.82. The van der Waals surface area contributed by atoms with Gasteiger partial charge < -0.3 is 4.90 Å². The van der Waals surface area contributed by atoms with Gasteiger partial charge in [-0.1, -0.05) is 11.6 Å². The smallest absolute Gasteiger partial charge is 0.264 e. The lowest BCUT2D eigenvalue weighted by Crippen LogP contribution is -2.48. The van der Waals surface area contributed by atoms with Crippen molar-refractivity contribution in [2.45, 2.75) is 23.8 Å². The van der Waals surface area contributed by atoms with Gasteiger partial charge >= 0.3 is 0 Å². The minimum Gasteiger partial charge on any atom is -0.354 e. The lowest BCUT2D eigenvalue weighted by molar-refractivity contribution is 0.463. The van der Waals surface area contributed by atoms with Crippen molar-refractivity contribution in [1.82, 2.24) is 14.9 Å². The van der Waals surface area contributed by atoms with E-state index in [-0.39, 0.29) is 21.5 Å². The monoisotopic (exact) mass is 386 g/mol. The topological polar surface area (TPSA) is 95.2 Å².